The van der Waals surface area contributed by atoms with E-state index in [0.29, 0.717) is 61.1 Å². The van der Waals surface area contributed by atoms with Crippen molar-refractivity contribution in [1.82, 2.24) is 39.5 Å². The molecule has 8 heterocycles. The van der Waals surface area contributed by atoms with Gasteiger partial charge in [-0.05, 0) is 149 Å². The van der Waals surface area contributed by atoms with Crippen molar-refractivity contribution in [2.45, 2.75) is 120 Å². The maximum Gasteiger partial charge on any atom is 1.00 e. The molecule has 4 aliphatic rings. The van der Waals surface area contributed by atoms with E-state index in [-0.39, 0.29) is 192 Å². The Kier molecular flexibility index (Phi) is 27.1. The number of H-pyrrole nitrogens is 1. The van der Waals surface area contributed by atoms with E-state index in [4.69, 9.17) is 123 Å². The van der Waals surface area contributed by atoms with Crippen molar-refractivity contribution in [2.24, 2.45) is 11.8 Å². The molecule has 4 fully saturated rings. The molecular formula is C53H50Cl8Cs2F4N8O10S. The standard InChI is InChI=1S/C25H22Cl4N4O2.C20H20Cl2F3NO5S.C6H3Cl2N3.CH3F.CH2O3.2Cs.H/c1-25(2)34-19-14(6-4-12-3-5-13-10-16(26)22(28)30-17(13)9-12)11-18(20(19)35-25)33-8-7-15-21(27)31-24(29)32-23(15)33;1-19(2)29-16-12(9-15(17(16)30-19)31-32(27,28)20(23,24)25)6-4-10-3-5-11-8-13(21)18(22)26-14(11)7-10;7-4-3-1-2-9-5(3)11-6(8)10-4;1-2;2-1-4-3;;;/h3,5,7-10,14,18-20H,4,6,11H2,1-2H3;3,5,7-8,12,15-17H,4,6,9H2,1-2H3;1-2H,(H,9,10,11);1H3;1,3H;;;/q;;;;;2*+1;-1/p-1/t14-,18+,19+,20-;12-,15-,16+,17-;;;;;;/m00....../s1/i;;;1D;;;;. The number of alkyl halides is 4. The number of nitrogens with one attached hydrogen (secondary N) is 1. The third kappa shape index (κ3) is 18.2. The number of aryl methyl sites for hydroxylation is 2. The van der Waals surface area contributed by atoms with E-state index in [9.17, 15) is 26.0 Å². The minimum absolute atomic E-state index is 0. The molecule has 2 aliphatic carbocycles. The number of pyridine rings is 2. The zero-order chi connectivity index (χ0) is 61.9. The maximum absolute atomic E-state index is 12.8. The first kappa shape index (κ1) is 73.2. The summed E-state index contributed by atoms with van der Waals surface area (Å²) in [4.78, 5) is 39.0. The van der Waals surface area contributed by atoms with E-state index < -0.39 is 52.7 Å². The summed E-state index contributed by atoms with van der Waals surface area (Å²) in [7, 11) is -6.75. The second-order valence-electron chi connectivity index (χ2n) is 20.3. The van der Waals surface area contributed by atoms with Gasteiger partial charge in [0.25, 0.3) is 6.47 Å². The second-order valence-corrected chi connectivity index (χ2v) is 24.8. The molecule has 0 unspecified atom stereocenters. The topological polar surface area (TPSA) is 228 Å². The summed E-state index contributed by atoms with van der Waals surface area (Å²) in [5.41, 5.74) is -0.491. The van der Waals surface area contributed by atoms with Crippen LogP contribution in [0.3, 0.4) is 0 Å². The molecule has 6 aromatic heterocycles. The van der Waals surface area contributed by atoms with Gasteiger partial charge in [-0.3, -0.25) is 13.4 Å². The first-order valence-corrected chi connectivity index (χ1v) is 29.6. The monoisotopic (exact) mass is 1610 g/mol. The van der Waals surface area contributed by atoms with Crippen LogP contribution < -0.4 is 143 Å². The van der Waals surface area contributed by atoms with Crippen molar-refractivity contribution in [1.29, 1.82) is 0 Å². The quantitative estimate of drug-likeness (QED) is 0.0158. The van der Waals surface area contributed by atoms with Crippen molar-refractivity contribution in [2.75, 3.05) is 7.15 Å². The third-order valence-corrected chi connectivity index (χ3v) is 17.4. The van der Waals surface area contributed by atoms with Gasteiger partial charge in [0, 0.05) is 23.2 Å². The fraction of sp³-hybridized carbons (Fsp3) is 0.415. The number of aromatic amines is 1. The van der Waals surface area contributed by atoms with Crippen LogP contribution in [-0.2, 0) is 55.8 Å². The summed E-state index contributed by atoms with van der Waals surface area (Å²) in [6.45, 7) is 7.00. The van der Waals surface area contributed by atoms with E-state index >= 15 is 0 Å². The number of rotatable bonds is 10. The maximum atomic E-state index is 12.8. The molecule has 33 heteroatoms. The van der Waals surface area contributed by atoms with Gasteiger partial charge in [0.2, 0.25) is 10.6 Å². The van der Waals surface area contributed by atoms with Gasteiger partial charge in [-0.1, -0.05) is 93.9 Å². The van der Waals surface area contributed by atoms with Crippen LogP contribution in [0.1, 0.15) is 73.3 Å². The molecule has 0 spiro atoms. The number of aromatic nitrogens is 8. The van der Waals surface area contributed by atoms with E-state index in [1.54, 1.807) is 32.2 Å². The molecule has 8 atom stereocenters. The van der Waals surface area contributed by atoms with Crippen molar-refractivity contribution in [3.05, 3.63) is 125 Å². The predicted octanol–water partition coefficient (Wildman–Crippen LogP) is 7.96. The van der Waals surface area contributed by atoms with Gasteiger partial charge in [-0.15, -0.1) is 0 Å². The van der Waals surface area contributed by atoms with Crippen LogP contribution in [0.25, 0.3) is 43.9 Å². The van der Waals surface area contributed by atoms with Gasteiger partial charge in [0.1, 0.15) is 50.2 Å². The second kappa shape index (κ2) is 31.8. The molecule has 18 nitrogen and oxygen atoms in total. The number of halogens is 12. The Labute approximate surface area is 651 Å². The van der Waals surface area contributed by atoms with Gasteiger partial charge in [-0.25, -0.2) is 19.9 Å². The van der Waals surface area contributed by atoms with Crippen LogP contribution in [0.15, 0.2) is 73.1 Å². The normalized spacial score (nSPS) is 22.5. The fourth-order valence-electron chi connectivity index (χ4n) is 10.7. The van der Waals surface area contributed by atoms with Crippen molar-refractivity contribution >= 4 is 153 Å². The van der Waals surface area contributed by atoms with E-state index in [1.165, 1.54) is 5.56 Å². The molecule has 2 aliphatic heterocycles. The number of nitrogens with zero attached hydrogens (tertiary/aromatic N) is 7. The fourth-order valence-corrected chi connectivity index (χ4v) is 12.8. The largest absolute Gasteiger partial charge is 1.00 e. The molecule has 12 rings (SSSR count). The van der Waals surface area contributed by atoms with Crippen LogP contribution in [-0.4, -0.2) is 109 Å². The zero-order valence-corrected chi connectivity index (χ0v) is 65.7. The Bertz CT molecular complexity index is 3840. The molecule has 8 aromatic rings. The number of hydrogen-bond donors (Lipinski definition) is 1. The summed E-state index contributed by atoms with van der Waals surface area (Å²) < 4.78 is 108. The minimum atomic E-state index is -5.75. The average molecular weight is 1620 g/mol. The first-order valence-electron chi connectivity index (χ1n) is 25.9. The third-order valence-electron chi connectivity index (χ3n) is 14.0. The van der Waals surface area contributed by atoms with E-state index in [1.807, 2.05) is 56.4 Å². The average Bonchev–Trinajstić information content (AvgIpc) is 2.65. The van der Waals surface area contributed by atoms with Crippen LogP contribution in [0.5, 0.6) is 0 Å². The molecule has 86 heavy (non-hydrogen) atoms. The van der Waals surface area contributed by atoms with Crippen molar-refractivity contribution in [3.8, 4) is 0 Å². The summed E-state index contributed by atoms with van der Waals surface area (Å²) in [6.07, 6.45) is 4.71. The SMILES string of the molecule is CC1(C)O[C@@H]2[C@@H](CCc3ccc4cc(Cl)c(Cl)nc4c3)C[C@@H](n3ccc4c(Cl)nc(Cl)nc43)[C@@H]2O1.CC1(C)O[C@@H]2[C@@H](CCc3ccc4cc(Cl)c(Cl)nc4c3)C[C@H](OS(=O)(=O)C(F)(F)F)[C@@H]2O1.Clc1nc(Cl)c2cc[nH]c2n1.O=CO[O-].[2H]CF.[Cs+].[Cs+].[H-]. The zero-order valence-electron chi connectivity index (χ0n) is 48.2. The summed E-state index contributed by atoms with van der Waals surface area (Å²) >= 11 is 48.0. The molecule has 2 saturated heterocycles. The minimum Gasteiger partial charge on any atom is -1.00 e. The van der Waals surface area contributed by atoms with Gasteiger partial charge in [-0.2, -0.15) is 31.6 Å². The van der Waals surface area contributed by atoms with E-state index in [0.717, 1.165) is 51.9 Å². The number of hydrogen-bond acceptors (Lipinski definition) is 16. The number of ether oxygens (including phenoxy) is 4. The van der Waals surface area contributed by atoms with Crippen LogP contribution in [0, 0.1) is 11.8 Å². The number of benzene rings is 2. The van der Waals surface area contributed by atoms with E-state index in [2.05, 4.69) is 60.7 Å². The smallest absolute Gasteiger partial charge is 1.00 e. The molecule has 0 bridgehead atoms. The first-order chi connectivity index (χ1) is 40.0. The Morgan fingerprint density at radius 1 is 0.709 bits per heavy atom. The molecule has 2 aromatic carbocycles. The number of carbonyl (C=O) groups excluding carboxylic acids is 1. The van der Waals surface area contributed by atoms with Gasteiger partial charge >= 0.3 is 153 Å². The number of carbonyl (C=O) groups is 1. The summed E-state index contributed by atoms with van der Waals surface area (Å²) in [6, 6.07) is 19.2. The van der Waals surface area contributed by atoms with Crippen molar-refractivity contribution in [3.63, 3.8) is 0 Å². The van der Waals surface area contributed by atoms with Crippen LogP contribution in [0.2, 0.25) is 41.2 Å². The Hall–Kier alpha value is -0.176. The van der Waals surface area contributed by atoms with Gasteiger partial charge < -0.3 is 40.1 Å². The van der Waals surface area contributed by atoms with Gasteiger partial charge in [0.15, 0.2) is 11.6 Å². The Morgan fingerprint density at radius 2 is 1.19 bits per heavy atom. The predicted molar refractivity (Wildman–Crippen MR) is 310 cm³/mol. The number of fused-ring (bicyclic) bond motifs is 6. The van der Waals surface area contributed by atoms with Crippen LogP contribution in [0.4, 0.5) is 17.6 Å². The van der Waals surface area contributed by atoms with Gasteiger partial charge in [0.05, 0.1) is 58.6 Å². The Balaban J connectivity index is 0.000000245. The van der Waals surface area contributed by atoms with Crippen LogP contribution >= 0.6 is 92.8 Å². The Morgan fingerprint density at radius 3 is 1.71 bits per heavy atom. The molecule has 0 amide bonds. The molecular weight excluding hydrogens is 1570 g/mol. The molecule has 454 valence electrons. The molecule has 2 saturated carbocycles. The summed E-state index contributed by atoms with van der Waals surface area (Å²) in [5.74, 6) is -1.66. The summed E-state index contributed by atoms with van der Waals surface area (Å²) in [5, 5.41) is 14.1. The molecule has 0 radical (unpaired) electrons. The van der Waals surface area contributed by atoms with Crippen molar-refractivity contribution < 1.29 is 205 Å². The molecule has 1 N–H and O–H groups in total.